The molecule has 150 valence electrons. The summed E-state index contributed by atoms with van der Waals surface area (Å²) in [7, 11) is 0. The normalized spacial score (nSPS) is 23.6. The number of fused-ring (bicyclic) bond motifs is 4. The lowest BCUT2D eigenvalue weighted by molar-refractivity contribution is 0.0618. The second kappa shape index (κ2) is 7.79. The zero-order valence-corrected chi connectivity index (χ0v) is 16.5. The van der Waals surface area contributed by atoms with Crippen molar-refractivity contribution >= 4 is 28.5 Å². The lowest BCUT2D eigenvalue weighted by Crippen LogP contribution is -2.57. The van der Waals surface area contributed by atoms with E-state index >= 15 is 0 Å². The topological polar surface area (TPSA) is 93.4 Å². The number of H-pyrrole nitrogens is 1. The van der Waals surface area contributed by atoms with Crippen LogP contribution in [-0.2, 0) is 0 Å². The highest BCUT2D eigenvalue weighted by Gasteiger charge is 2.35. The lowest BCUT2D eigenvalue weighted by atomic mass is 9.84. The van der Waals surface area contributed by atoms with Crippen molar-refractivity contribution in [1.82, 2.24) is 25.3 Å². The van der Waals surface area contributed by atoms with E-state index in [1.54, 1.807) is 4.90 Å². The van der Waals surface area contributed by atoms with Crippen molar-refractivity contribution in [3.8, 4) is 0 Å². The summed E-state index contributed by atoms with van der Waals surface area (Å²) in [5.41, 5.74) is 1.81. The first-order chi connectivity index (χ1) is 13.6. The molecule has 1 aromatic heterocycles. The second-order valence-corrected chi connectivity index (χ2v) is 7.65. The fraction of sp³-hybridized carbons (Fsp3) is 0.550. The third kappa shape index (κ3) is 3.56. The van der Waals surface area contributed by atoms with Crippen LogP contribution >= 0.6 is 0 Å². The first-order valence-corrected chi connectivity index (χ1v) is 10.2. The largest absolute Gasteiger partial charge is 0.346 e. The molecule has 0 unspecified atom stereocenters. The van der Waals surface area contributed by atoms with Gasteiger partial charge < -0.3 is 20.4 Å². The number of urea groups is 1. The number of piperidine rings is 3. The van der Waals surface area contributed by atoms with E-state index in [0.29, 0.717) is 30.4 Å². The van der Waals surface area contributed by atoms with Gasteiger partial charge in [0.25, 0.3) is 5.91 Å². The van der Waals surface area contributed by atoms with Crippen LogP contribution in [-0.4, -0.2) is 70.7 Å². The van der Waals surface area contributed by atoms with Crippen molar-refractivity contribution < 1.29 is 9.59 Å². The molecule has 5 rings (SSSR count). The third-order valence-electron chi connectivity index (χ3n) is 6.05. The second-order valence-electron chi connectivity index (χ2n) is 7.65. The average molecular weight is 384 g/mol. The molecule has 3 aliphatic rings. The van der Waals surface area contributed by atoms with Gasteiger partial charge in [-0.05, 0) is 63.9 Å². The Morgan fingerprint density at radius 3 is 2.64 bits per heavy atom. The van der Waals surface area contributed by atoms with Crippen molar-refractivity contribution in [2.24, 2.45) is 5.92 Å². The highest BCUT2D eigenvalue weighted by Crippen LogP contribution is 2.28. The number of anilines is 1. The number of benzene rings is 1. The monoisotopic (exact) mass is 384 g/mol. The maximum atomic E-state index is 12.9. The minimum Gasteiger partial charge on any atom is -0.346 e. The minimum atomic E-state index is -0.155. The van der Waals surface area contributed by atoms with Gasteiger partial charge in [-0.3, -0.25) is 9.89 Å². The van der Waals surface area contributed by atoms with Crippen LogP contribution in [0.3, 0.4) is 0 Å². The summed E-state index contributed by atoms with van der Waals surface area (Å²) in [6.45, 7) is 8.37. The molecule has 0 radical (unpaired) electrons. The van der Waals surface area contributed by atoms with Crippen LogP contribution in [0.1, 0.15) is 37.2 Å². The molecule has 8 heteroatoms. The highest BCUT2D eigenvalue weighted by atomic mass is 16.2. The molecule has 28 heavy (non-hydrogen) atoms. The molecular formula is C20H28N6O2. The van der Waals surface area contributed by atoms with Crippen LogP contribution < -0.4 is 10.6 Å². The number of carbonyl (C=O) groups is 2. The SMILES string of the molecule is CCN(CC)C(=O)Nc1ccc2[nH]nc(C(=O)N[C@@H]3CN4CCC3CC4)c2c1. The van der Waals surface area contributed by atoms with Crippen LogP contribution in [0.15, 0.2) is 18.2 Å². The number of amides is 3. The molecule has 2 aromatic rings. The molecule has 1 aromatic carbocycles. The number of aromatic nitrogens is 2. The average Bonchev–Trinajstić information content (AvgIpc) is 3.13. The smallest absolute Gasteiger partial charge is 0.321 e. The van der Waals surface area contributed by atoms with E-state index in [1.807, 2.05) is 32.0 Å². The van der Waals surface area contributed by atoms with Crippen molar-refractivity contribution in [3.63, 3.8) is 0 Å². The van der Waals surface area contributed by atoms with E-state index in [1.165, 1.54) is 0 Å². The number of carbonyl (C=O) groups excluding carboxylic acids is 2. The fourth-order valence-corrected chi connectivity index (χ4v) is 4.34. The summed E-state index contributed by atoms with van der Waals surface area (Å²) in [5.74, 6) is 0.403. The zero-order chi connectivity index (χ0) is 19.7. The summed E-state index contributed by atoms with van der Waals surface area (Å²) in [5, 5.41) is 14.0. The van der Waals surface area contributed by atoms with Gasteiger partial charge >= 0.3 is 6.03 Å². The van der Waals surface area contributed by atoms with Crippen LogP contribution in [0, 0.1) is 5.92 Å². The number of aromatic amines is 1. The van der Waals surface area contributed by atoms with Crippen LogP contribution in [0.2, 0.25) is 0 Å². The minimum absolute atomic E-state index is 0.147. The Morgan fingerprint density at radius 2 is 2.00 bits per heavy atom. The molecule has 3 aliphatic heterocycles. The van der Waals surface area contributed by atoms with E-state index in [0.717, 1.165) is 43.4 Å². The Bertz CT molecular complexity index is 867. The van der Waals surface area contributed by atoms with Crippen molar-refractivity contribution in [2.75, 3.05) is 38.0 Å². The van der Waals surface area contributed by atoms with Crippen LogP contribution in [0.25, 0.3) is 10.9 Å². The van der Waals surface area contributed by atoms with Crippen molar-refractivity contribution in [2.45, 2.75) is 32.7 Å². The van der Waals surface area contributed by atoms with Gasteiger partial charge in [-0.2, -0.15) is 5.10 Å². The van der Waals surface area contributed by atoms with Gasteiger partial charge in [0.15, 0.2) is 5.69 Å². The molecule has 0 saturated carbocycles. The van der Waals surface area contributed by atoms with Gasteiger partial charge in [-0.15, -0.1) is 0 Å². The molecule has 1 atom stereocenters. The summed E-state index contributed by atoms with van der Waals surface area (Å²) in [4.78, 5) is 29.3. The Labute approximate surface area is 164 Å². The Hall–Kier alpha value is -2.61. The quantitative estimate of drug-likeness (QED) is 0.737. The summed E-state index contributed by atoms with van der Waals surface area (Å²) in [6, 6.07) is 5.51. The maximum Gasteiger partial charge on any atom is 0.321 e. The third-order valence-corrected chi connectivity index (χ3v) is 6.05. The number of rotatable bonds is 5. The predicted molar refractivity (Wildman–Crippen MR) is 108 cm³/mol. The van der Waals surface area contributed by atoms with E-state index < -0.39 is 0 Å². The fourth-order valence-electron chi connectivity index (χ4n) is 4.34. The maximum absolute atomic E-state index is 12.9. The van der Waals surface area contributed by atoms with Crippen LogP contribution in [0.5, 0.6) is 0 Å². The summed E-state index contributed by atoms with van der Waals surface area (Å²) >= 11 is 0. The van der Waals surface area contributed by atoms with Gasteiger partial charge in [0.1, 0.15) is 0 Å². The highest BCUT2D eigenvalue weighted by molar-refractivity contribution is 6.06. The molecule has 3 N–H and O–H groups in total. The van der Waals surface area contributed by atoms with Gasteiger partial charge in [0.05, 0.1) is 5.52 Å². The number of hydrogen-bond donors (Lipinski definition) is 3. The van der Waals surface area contributed by atoms with E-state index in [2.05, 4.69) is 25.7 Å². The molecule has 3 amide bonds. The molecule has 2 bridgehead atoms. The molecular weight excluding hydrogens is 356 g/mol. The van der Waals surface area contributed by atoms with E-state index in [9.17, 15) is 9.59 Å². The first kappa shape index (κ1) is 18.7. The van der Waals surface area contributed by atoms with Gasteiger partial charge in [0, 0.05) is 36.7 Å². The van der Waals surface area contributed by atoms with Gasteiger partial charge in [-0.25, -0.2) is 4.79 Å². The molecule has 0 spiro atoms. The van der Waals surface area contributed by atoms with Gasteiger partial charge in [-0.1, -0.05) is 0 Å². The number of nitrogens with zero attached hydrogens (tertiary/aromatic N) is 3. The number of nitrogens with one attached hydrogen (secondary N) is 3. The number of hydrogen-bond acceptors (Lipinski definition) is 4. The molecule has 3 fully saturated rings. The van der Waals surface area contributed by atoms with Crippen molar-refractivity contribution in [3.05, 3.63) is 23.9 Å². The first-order valence-electron chi connectivity index (χ1n) is 10.2. The lowest BCUT2D eigenvalue weighted by Gasteiger charge is -2.44. The van der Waals surface area contributed by atoms with Gasteiger partial charge in [0.2, 0.25) is 0 Å². The zero-order valence-electron chi connectivity index (χ0n) is 16.5. The predicted octanol–water partition coefficient (Wildman–Crippen LogP) is 2.26. The Morgan fingerprint density at radius 1 is 1.25 bits per heavy atom. The standard InChI is InChI=1S/C20H28N6O2/c1-3-26(4-2)20(28)21-14-5-6-16-15(11-14)18(24-23-16)19(27)22-17-12-25-9-7-13(17)8-10-25/h5-6,11,13,17H,3-4,7-10,12H2,1-2H3,(H,21,28)(H,22,27)(H,23,24)/t17-/m1/s1. The van der Waals surface area contributed by atoms with Crippen LogP contribution in [0.4, 0.5) is 10.5 Å². The van der Waals surface area contributed by atoms with E-state index in [4.69, 9.17) is 0 Å². The van der Waals surface area contributed by atoms with E-state index in [-0.39, 0.29) is 18.0 Å². The molecule has 8 nitrogen and oxygen atoms in total. The Kier molecular flexibility index (Phi) is 5.21. The summed E-state index contributed by atoms with van der Waals surface area (Å²) < 4.78 is 0. The molecule has 4 heterocycles. The van der Waals surface area contributed by atoms with Crippen molar-refractivity contribution in [1.29, 1.82) is 0 Å². The Balaban J connectivity index is 1.51. The summed E-state index contributed by atoms with van der Waals surface area (Å²) in [6.07, 6.45) is 2.29. The molecule has 3 saturated heterocycles. The molecule has 0 aliphatic carbocycles.